The summed E-state index contributed by atoms with van der Waals surface area (Å²) < 4.78 is 0. The monoisotopic (exact) mass is 189 g/mol. The summed E-state index contributed by atoms with van der Waals surface area (Å²) in [6.07, 6.45) is 3.57. The minimum absolute atomic E-state index is 0.276. The van der Waals surface area contributed by atoms with Crippen molar-refractivity contribution in [3.8, 4) is 5.75 Å². The summed E-state index contributed by atoms with van der Waals surface area (Å²) in [5, 5.41) is 9.33. The molecule has 0 aromatic heterocycles. The Morgan fingerprint density at radius 2 is 2.43 bits per heavy atom. The highest BCUT2D eigenvalue weighted by Gasteiger charge is 2.22. The Morgan fingerprint density at radius 1 is 1.57 bits per heavy atom. The SMILES string of the molecule is O=C=NCC1CCc2ccc(O)cc21. The number of fused-ring (bicyclic) bond motifs is 1. The molecule has 0 amide bonds. The van der Waals surface area contributed by atoms with Gasteiger partial charge in [-0.1, -0.05) is 6.07 Å². The van der Waals surface area contributed by atoms with Gasteiger partial charge in [0.25, 0.3) is 0 Å². The summed E-state index contributed by atoms with van der Waals surface area (Å²) in [7, 11) is 0. The number of rotatable bonds is 2. The molecule has 0 saturated heterocycles. The van der Waals surface area contributed by atoms with Gasteiger partial charge in [0.1, 0.15) is 5.75 Å². The summed E-state index contributed by atoms with van der Waals surface area (Å²) in [5.41, 5.74) is 2.39. The second-order valence-electron chi connectivity index (χ2n) is 3.55. The molecule has 0 fully saturated rings. The maximum atomic E-state index is 10.00. The van der Waals surface area contributed by atoms with E-state index in [1.807, 2.05) is 6.07 Å². The van der Waals surface area contributed by atoms with Gasteiger partial charge in [0.05, 0.1) is 6.54 Å². The summed E-state index contributed by atoms with van der Waals surface area (Å²) in [4.78, 5) is 13.6. The Kier molecular flexibility index (Phi) is 2.33. The first-order chi connectivity index (χ1) is 6.81. The number of hydrogen-bond acceptors (Lipinski definition) is 3. The third-order valence-corrected chi connectivity index (χ3v) is 2.71. The van der Waals surface area contributed by atoms with Gasteiger partial charge in [-0.3, -0.25) is 0 Å². The van der Waals surface area contributed by atoms with Gasteiger partial charge in [0, 0.05) is 5.92 Å². The molecule has 0 heterocycles. The largest absolute Gasteiger partial charge is 0.508 e. The molecule has 1 aromatic rings. The standard InChI is InChI=1S/C11H11NO2/c13-7-12-6-9-2-1-8-3-4-10(14)5-11(8)9/h3-5,9,14H,1-2,6H2. The van der Waals surface area contributed by atoms with Gasteiger partial charge in [-0.15, -0.1) is 0 Å². The first kappa shape index (κ1) is 8.97. The van der Waals surface area contributed by atoms with Crippen molar-refractivity contribution in [1.29, 1.82) is 0 Å². The van der Waals surface area contributed by atoms with Crippen LogP contribution in [0.5, 0.6) is 5.75 Å². The highest BCUT2D eigenvalue weighted by molar-refractivity contribution is 5.41. The van der Waals surface area contributed by atoms with Gasteiger partial charge in [-0.25, -0.2) is 9.79 Å². The second-order valence-corrected chi connectivity index (χ2v) is 3.55. The van der Waals surface area contributed by atoms with Gasteiger partial charge in [-0.2, -0.15) is 0 Å². The lowest BCUT2D eigenvalue weighted by Gasteiger charge is -2.07. The lowest BCUT2D eigenvalue weighted by molar-refractivity contribution is 0.474. The molecule has 14 heavy (non-hydrogen) atoms. The topological polar surface area (TPSA) is 49.7 Å². The van der Waals surface area contributed by atoms with Crippen LogP contribution < -0.4 is 0 Å². The van der Waals surface area contributed by atoms with Crippen molar-refractivity contribution in [3.63, 3.8) is 0 Å². The number of phenols is 1. The maximum Gasteiger partial charge on any atom is 0.234 e. The molecule has 1 aliphatic rings. The van der Waals surface area contributed by atoms with Crippen LogP contribution >= 0.6 is 0 Å². The zero-order valence-electron chi connectivity index (χ0n) is 7.73. The number of aliphatic imine (C=N–C) groups is 1. The van der Waals surface area contributed by atoms with E-state index in [0.717, 1.165) is 18.4 Å². The molecule has 72 valence electrons. The molecule has 1 N–H and O–H groups in total. The van der Waals surface area contributed by atoms with Crippen LogP contribution in [0.3, 0.4) is 0 Å². The number of aromatic hydroxyl groups is 1. The summed E-state index contributed by atoms with van der Waals surface area (Å²) >= 11 is 0. The first-order valence-corrected chi connectivity index (χ1v) is 4.66. The number of isocyanates is 1. The van der Waals surface area contributed by atoms with Gasteiger partial charge in [0.2, 0.25) is 6.08 Å². The van der Waals surface area contributed by atoms with Crippen LogP contribution in [-0.2, 0) is 11.2 Å². The second kappa shape index (κ2) is 3.64. The molecule has 0 saturated carbocycles. The summed E-state index contributed by atoms with van der Waals surface area (Å²) in [6, 6.07) is 5.41. The first-order valence-electron chi connectivity index (χ1n) is 4.66. The fourth-order valence-electron chi connectivity index (χ4n) is 2.01. The van der Waals surface area contributed by atoms with Gasteiger partial charge < -0.3 is 5.11 Å². The van der Waals surface area contributed by atoms with Crippen molar-refractivity contribution in [2.24, 2.45) is 4.99 Å². The molecule has 0 spiro atoms. The molecule has 1 aromatic carbocycles. The third kappa shape index (κ3) is 1.54. The van der Waals surface area contributed by atoms with E-state index in [9.17, 15) is 9.90 Å². The normalized spacial score (nSPS) is 18.7. The Balaban J connectivity index is 2.28. The van der Waals surface area contributed by atoms with E-state index < -0.39 is 0 Å². The molecule has 3 nitrogen and oxygen atoms in total. The number of phenolic OH excluding ortho intramolecular Hbond substituents is 1. The Hall–Kier alpha value is -1.60. The van der Waals surface area contributed by atoms with Crippen molar-refractivity contribution >= 4 is 6.08 Å². The van der Waals surface area contributed by atoms with Gasteiger partial charge in [-0.05, 0) is 36.1 Å². The van der Waals surface area contributed by atoms with Gasteiger partial charge >= 0.3 is 0 Å². The molecule has 0 radical (unpaired) electrons. The van der Waals surface area contributed by atoms with Crippen molar-refractivity contribution < 1.29 is 9.90 Å². The van der Waals surface area contributed by atoms with Crippen LogP contribution in [0.25, 0.3) is 0 Å². The fourth-order valence-corrected chi connectivity index (χ4v) is 2.01. The van der Waals surface area contributed by atoms with Crippen molar-refractivity contribution in [2.75, 3.05) is 6.54 Å². The number of hydrogen-bond donors (Lipinski definition) is 1. The lowest BCUT2D eigenvalue weighted by atomic mass is 10.0. The van der Waals surface area contributed by atoms with E-state index in [-0.39, 0.29) is 11.7 Å². The van der Waals surface area contributed by atoms with Crippen LogP contribution in [0.1, 0.15) is 23.5 Å². The van der Waals surface area contributed by atoms with Crippen LogP contribution in [0.4, 0.5) is 0 Å². The van der Waals surface area contributed by atoms with Gasteiger partial charge in [0.15, 0.2) is 0 Å². The van der Waals surface area contributed by atoms with Crippen LogP contribution in [-0.4, -0.2) is 17.7 Å². The smallest absolute Gasteiger partial charge is 0.234 e. The molecule has 1 atom stereocenters. The molecule has 2 rings (SSSR count). The predicted octanol–water partition coefficient (Wildman–Crippen LogP) is 1.76. The number of nitrogens with zero attached hydrogens (tertiary/aromatic N) is 1. The lowest BCUT2D eigenvalue weighted by Crippen LogP contribution is -1.97. The van der Waals surface area contributed by atoms with Crippen LogP contribution in [0, 0.1) is 0 Å². The van der Waals surface area contributed by atoms with E-state index in [1.54, 1.807) is 18.2 Å². The minimum atomic E-state index is 0.276. The van der Waals surface area contributed by atoms with E-state index >= 15 is 0 Å². The fraction of sp³-hybridized carbons (Fsp3) is 0.364. The molecular formula is C11H11NO2. The average Bonchev–Trinajstić information content (AvgIpc) is 2.57. The highest BCUT2D eigenvalue weighted by atomic mass is 16.3. The van der Waals surface area contributed by atoms with Crippen molar-refractivity contribution in [2.45, 2.75) is 18.8 Å². The number of benzene rings is 1. The Labute approximate surface area is 82.1 Å². The quantitative estimate of drug-likeness (QED) is 0.569. The van der Waals surface area contributed by atoms with E-state index in [4.69, 9.17) is 0 Å². The van der Waals surface area contributed by atoms with E-state index in [0.29, 0.717) is 6.54 Å². The number of carbonyl (C=O) groups excluding carboxylic acids is 1. The molecule has 1 unspecified atom stereocenters. The molecule has 0 bridgehead atoms. The Bertz CT molecular complexity index is 394. The van der Waals surface area contributed by atoms with Crippen molar-refractivity contribution in [3.05, 3.63) is 29.3 Å². The zero-order chi connectivity index (χ0) is 9.97. The maximum absolute atomic E-state index is 10.00. The van der Waals surface area contributed by atoms with Crippen LogP contribution in [0.2, 0.25) is 0 Å². The molecule has 1 aliphatic carbocycles. The number of aryl methyl sites for hydroxylation is 1. The molecule has 0 aliphatic heterocycles. The van der Waals surface area contributed by atoms with Crippen LogP contribution in [0.15, 0.2) is 23.2 Å². The third-order valence-electron chi connectivity index (χ3n) is 2.71. The highest BCUT2D eigenvalue weighted by Crippen LogP contribution is 2.35. The van der Waals surface area contributed by atoms with Crippen molar-refractivity contribution in [1.82, 2.24) is 0 Å². The van der Waals surface area contributed by atoms with E-state index in [1.165, 1.54) is 5.56 Å². The summed E-state index contributed by atoms with van der Waals surface area (Å²) in [5.74, 6) is 0.560. The minimum Gasteiger partial charge on any atom is -0.508 e. The Morgan fingerprint density at radius 3 is 3.21 bits per heavy atom. The molecule has 3 heteroatoms. The molecular weight excluding hydrogens is 178 g/mol. The average molecular weight is 189 g/mol. The summed E-state index contributed by atoms with van der Waals surface area (Å²) in [6.45, 7) is 0.486. The van der Waals surface area contributed by atoms with E-state index in [2.05, 4.69) is 4.99 Å². The predicted molar refractivity (Wildman–Crippen MR) is 52.2 cm³/mol. The zero-order valence-corrected chi connectivity index (χ0v) is 7.73.